The number of rotatable bonds is 1. The zero-order valence-electron chi connectivity index (χ0n) is 13.8. The van der Waals surface area contributed by atoms with Crippen LogP contribution < -0.4 is 11.1 Å². The summed E-state index contributed by atoms with van der Waals surface area (Å²) in [5, 5.41) is 13.3. The molecular formula is C19H17N5O. The van der Waals surface area contributed by atoms with Gasteiger partial charge in [0.2, 0.25) is 0 Å². The van der Waals surface area contributed by atoms with Crippen molar-refractivity contribution in [3.05, 3.63) is 47.3 Å². The minimum atomic E-state index is -0.0638. The van der Waals surface area contributed by atoms with Crippen LogP contribution in [0.25, 0.3) is 22.0 Å². The summed E-state index contributed by atoms with van der Waals surface area (Å²) in [5.41, 5.74) is 10.6. The van der Waals surface area contributed by atoms with E-state index in [0.29, 0.717) is 23.6 Å². The van der Waals surface area contributed by atoms with Crippen molar-refractivity contribution in [1.82, 2.24) is 14.9 Å². The number of carbonyl (C=O) groups is 1. The van der Waals surface area contributed by atoms with Crippen molar-refractivity contribution in [2.24, 2.45) is 0 Å². The lowest BCUT2D eigenvalue weighted by Crippen LogP contribution is -2.23. The first-order valence-corrected chi connectivity index (χ1v) is 8.17. The number of hydrogen-bond donors (Lipinski definition) is 2. The molecule has 25 heavy (non-hydrogen) atoms. The van der Waals surface area contributed by atoms with Crippen molar-refractivity contribution in [2.75, 3.05) is 12.3 Å². The van der Waals surface area contributed by atoms with Gasteiger partial charge in [-0.1, -0.05) is 0 Å². The molecule has 1 aliphatic heterocycles. The number of fused-ring (bicyclic) bond motifs is 3. The van der Waals surface area contributed by atoms with Crippen molar-refractivity contribution >= 4 is 22.6 Å². The third-order valence-corrected chi connectivity index (χ3v) is 4.69. The van der Waals surface area contributed by atoms with Crippen LogP contribution in [0, 0.1) is 18.3 Å². The minimum Gasteiger partial charge on any atom is -0.384 e. The minimum absolute atomic E-state index is 0.0638. The number of aryl methyl sites for hydroxylation is 2. The van der Waals surface area contributed by atoms with Crippen LogP contribution in [0.1, 0.15) is 28.0 Å². The molecule has 0 unspecified atom stereocenters. The van der Waals surface area contributed by atoms with Crippen LogP contribution in [0.5, 0.6) is 0 Å². The van der Waals surface area contributed by atoms with Crippen LogP contribution in [0.2, 0.25) is 0 Å². The van der Waals surface area contributed by atoms with Crippen LogP contribution in [0.4, 0.5) is 5.82 Å². The van der Waals surface area contributed by atoms with Crippen LogP contribution >= 0.6 is 0 Å². The standard InChI is InChI=1S/C19H17N5O/c1-11-14-7-12(9-20)8-15(13-3-4-16(21)23-10-13)18(14)24-6-2-5-22-19(25)17(11)24/h3-4,7-8,10H,2,5-6H2,1H3,(H2,21,23)(H,22,25). The van der Waals surface area contributed by atoms with Gasteiger partial charge in [-0.15, -0.1) is 0 Å². The maximum atomic E-state index is 12.5. The summed E-state index contributed by atoms with van der Waals surface area (Å²) in [5.74, 6) is 0.382. The Balaban J connectivity index is 2.11. The summed E-state index contributed by atoms with van der Waals surface area (Å²) < 4.78 is 2.07. The van der Waals surface area contributed by atoms with Gasteiger partial charge in [0, 0.05) is 35.8 Å². The molecule has 1 aromatic carbocycles. The Morgan fingerprint density at radius 3 is 2.92 bits per heavy atom. The first kappa shape index (κ1) is 15.2. The molecule has 2 aromatic heterocycles. The summed E-state index contributed by atoms with van der Waals surface area (Å²) in [7, 11) is 0. The van der Waals surface area contributed by atoms with Crippen molar-refractivity contribution < 1.29 is 4.79 Å². The summed E-state index contributed by atoms with van der Waals surface area (Å²) in [6, 6.07) is 9.56. The third-order valence-electron chi connectivity index (χ3n) is 4.69. The van der Waals surface area contributed by atoms with Crippen molar-refractivity contribution in [3.8, 4) is 17.2 Å². The Morgan fingerprint density at radius 1 is 1.36 bits per heavy atom. The molecule has 1 amide bonds. The Bertz CT molecular complexity index is 1040. The zero-order valence-corrected chi connectivity index (χ0v) is 13.8. The fraction of sp³-hybridized carbons (Fsp3) is 0.211. The van der Waals surface area contributed by atoms with Gasteiger partial charge < -0.3 is 15.6 Å². The molecule has 0 bridgehead atoms. The molecule has 1 aliphatic rings. The van der Waals surface area contributed by atoms with Gasteiger partial charge in [0.25, 0.3) is 5.91 Å². The van der Waals surface area contributed by atoms with E-state index in [1.165, 1.54) is 0 Å². The van der Waals surface area contributed by atoms with Crippen LogP contribution in [-0.4, -0.2) is 22.0 Å². The van der Waals surface area contributed by atoms with E-state index in [2.05, 4.69) is 20.9 Å². The molecule has 0 atom stereocenters. The molecule has 0 radical (unpaired) electrons. The molecule has 3 N–H and O–H groups in total. The van der Waals surface area contributed by atoms with Gasteiger partial charge in [0.1, 0.15) is 11.5 Å². The van der Waals surface area contributed by atoms with E-state index < -0.39 is 0 Å². The highest BCUT2D eigenvalue weighted by Crippen LogP contribution is 2.36. The third kappa shape index (κ3) is 2.32. The predicted octanol–water partition coefficient (Wildman–Crippen LogP) is 2.60. The molecule has 6 nitrogen and oxygen atoms in total. The molecule has 4 rings (SSSR count). The van der Waals surface area contributed by atoms with Crippen molar-refractivity contribution in [2.45, 2.75) is 19.9 Å². The maximum absolute atomic E-state index is 12.5. The first-order valence-electron chi connectivity index (χ1n) is 8.17. The Morgan fingerprint density at radius 2 is 2.20 bits per heavy atom. The van der Waals surface area contributed by atoms with E-state index in [0.717, 1.165) is 40.6 Å². The number of aromatic nitrogens is 2. The van der Waals surface area contributed by atoms with Crippen LogP contribution in [0.15, 0.2) is 30.5 Å². The monoisotopic (exact) mass is 331 g/mol. The number of carbonyl (C=O) groups excluding carboxylic acids is 1. The quantitative estimate of drug-likeness (QED) is 0.716. The number of amides is 1. The van der Waals surface area contributed by atoms with Gasteiger partial charge in [-0.25, -0.2) is 4.98 Å². The first-order chi connectivity index (χ1) is 12.1. The summed E-state index contributed by atoms with van der Waals surface area (Å²) in [6.45, 7) is 3.35. The lowest BCUT2D eigenvalue weighted by atomic mass is 10.00. The van der Waals surface area contributed by atoms with Gasteiger partial charge in [-0.3, -0.25) is 4.79 Å². The number of hydrogen-bond acceptors (Lipinski definition) is 4. The Hall–Kier alpha value is -3.33. The largest absolute Gasteiger partial charge is 0.384 e. The molecule has 0 fully saturated rings. The maximum Gasteiger partial charge on any atom is 0.268 e. The van der Waals surface area contributed by atoms with Crippen molar-refractivity contribution in [3.63, 3.8) is 0 Å². The van der Waals surface area contributed by atoms with Crippen LogP contribution in [0.3, 0.4) is 0 Å². The van der Waals surface area contributed by atoms with Gasteiger partial charge >= 0.3 is 0 Å². The number of nitriles is 1. The molecule has 0 aliphatic carbocycles. The molecule has 3 aromatic rings. The highest BCUT2D eigenvalue weighted by Gasteiger charge is 2.24. The lowest BCUT2D eigenvalue weighted by molar-refractivity contribution is 0.0951. The number of benzene rings is 1. The van der Waals surface area contributed by atoms with E-state index in [1.54, 1.807) is 12.3 Å². The average molecular weight is 331 g/mol. The lowest BCUT2D eigenvalue weighted by Gasteiger charge is -2.11. The van der Waals surface area contributed by atoms with E-state index in [-0.39, 0.29) is 5.91 Å². The van der Waals surface area contributed by atoms with E-state index in [1.807, 2.05) is 25.1 Å². The molecule has 0 saturated heterocycles. The number of nitrogens with one attached hydrogen (secondary N) is 1. The zero-order chi connectivity index (χ0) is 17.6. The average Bonchev–Trinajstić information content (AvgIpc) is 2.76. The summed E-state index contributed by atoms with van der Waals surface area (Å²) >= 11 is 0. The molecule has 3 heterocycles. The number of anilines is 1. The van der Waals surface area contributed by atoms with Gasteiger partial charge in [-0.05, 0) is 43.2 Å². The highest BCUT2D eigenvalue weighted by molar-refractivity contribution is 6.06. The number of pyridine rings is 1. The number of nitrogen functional groups attached to an aromatic ring is 1. The smallest absolute Gasteiger partial charge is 0.268 e. The Kier molecular flexibility index (Phi) is 3.43. The summed E-state index contributed by atoms with van der Waals surface area (Å²) in [4.78, 5) is 16.7. The second-order valence-corrected chi connectivity index (χ2v) is 6.24. The van der Waals surface area contributed by atoms with Gasteiger partial charge in [0.15, 0.2) is 0 Å². The second kappa shape index (κ2) is 5.64. The molecule has 0 spiro atoms. The number of nitrogens with two attached hydrogens (primary N) is 1. The molecule has 0 saturated carbocycles. The SMILES string of the molecule is Cc1c2n(c3c(-c4ccc(N)nc4)cc(C#N)cc13)CCCNC2=O. The fourth-order valence-electron chi connectivity index (χ4n) is 3.54. The van der Waals surface area contributed by atoms with Gasteiger partial charge in [-0.2, -0.15) is 5.26 Å². The normalized spacial score (nSPS) is 13.8. The highest BCUT2D eigenvalue weighted by atomic mass is 16.2. The second-order valence-electron chi connectivity index (χ2n) is 6.24. The fourth-order valence-corrected chi connectivity index (χ4v) is 3.54. The predicted molar refractivity (Wildman–Crippen MR) is 96.0 cm³/mol. The van der Waals surface area contributed by atoms with E-state index >= 15 is 0 Å². The van der Waals surface area contributed by atoms with E-state index in [9.17, 15) is 10.1 Å². The Labute approximate surface area is 144 Å². The molecular weight excluding hydrogens is 314 g/mol. The molecule has 124 valence electrons. The summed E-state index contributed by atoms with van der Waals surface area (Å²) in [6.07, 6.45) is 2.57. The number of nitrogens with zero attached hydrogens (tertiary/aromatic N) is 3. The topological polar surface area (TPSA) is 96.7 Å². The van der Waals surface area contributed by atoms with E-state index in [4.69, 9.17) is 5.73 Å². The van der Waals surface area contributed by atoms with Crippen LogP contribution in [-0.2, 0) is 6.54 Å². The van der Waals surface area contributed by atoms with Crippen molar-refractivity contribution in [1.29, 1.82) is 5.26 Å². The van der Waals surface area contributed by atoms with Gasteiger partial charge in [0.05, 0.1) is 17.1 Å². The molecule has 6 heteroatoms.